The summed E-state index contributed by atoms with van der Waals surface area (Å²) in [6.45, 7) is 4.27. The molecule has 0 aliphatic carbocycles. The molecule has 0 radical (unpaired) electrons. The van der Waals surface area contributed by atoms with Gasteiger partial charge in [0.15, 0.2) is 0 Å². The number of hydrogen-bond donors (Lipinski definition) is 1. The molecule has 1 aliphatic heterocycles. The highest BCUT2D eigenvalue weighted by Crippen LogP contribution is 2.12. The van der Waals surface area contributed by atoms with Crippen LogP contribution in [0.4, 0.5) is 0 Å². The summed E-state index contributed by atoms with van der Waals surface area (Å²) in [5.74, 6) is 0.300. The molecule has 0 unspecified atom stereocenters. The first-order chi connectivity index (χ1) is 8.36. The van der Waals surface area contributed by atoms with E-state index in [1.807, 2.05) is 18.2 Å². The van der Waals surface area contributed by atoms with Crippen molar-refractivity contribution in [3.63, 3.8) is 0 Å². The molecule has 0 spiro atoms. The van der Waals surface area contributed by atoms with Crippen molar-refractivity contribution in [1.29, 1.82) is 0 Å². The molecule has 1 aliphatic rings. The summed E-state index contributed by atoms with van der Waals surface area (Å²) >= 11 is 0. The summed E-state index contributed by atoms with van der Waals surface area (Å²) in [4.78, 5) is 6.83. The quantitative estimate of drug-likeness (QED) is 0.809. The number of hydrogen-bond acceptors (Lipinski definition) is 3. The number of rotatable bonds is 4. The van der Waals surface area contributed by atoms with Gasteiger partial charge in [0.25, 0.3) is 0 Å². The third-order valence-electron chi connectivity index (χ3n) is 3.16. The van der Waals surface area contributed by atoms with E-state index in [-0.39, 0.29) is 0 Å². The van der Waals surface area contributed by atoms with Crippen LogP contribution >= 0.6 is 0 Å². The molecule has 0 atom stereocenters. The number of phenols is 1. The minimum absolute atomic E-state index is 0.300. The highest BCUT2D eigenvalue weighted by molar-refractivity contribution is 5.83. The molecule has 1 aromatic rings. The molecule has 0 saturated carbocycles. The van der Waals surface area contributed by atoms with Crippen LogP contribution in [-0.4, -0.2) is 42.4 Å². The Bertz CT molecular complexity index is 370. The van der Waals surface area contributed by atoms with E-state index in [0.717, 1.165) is 18.7 Å². The number of piperidine rings is 1. The largest absolute Gasteiger partial charge is 0.507 e. The zero-order valence-corrected chi connectivity index (χ0v) is 10.2. The minimum Gasteiger partial charge on any atom is -0.507 e. The second kappa shape index (κ2) is 6.40. The summed E-state index contributed by atoms with van der Waals surface area (Å²) in [5.41, 5.74) is 0.797. The highest BCUT2D eigenvalue weighted by Gasteiger charge is 2.08. The molecule has 3 nitrogen and oxygen atoms in total. The first-order valence-corrected chi connectivity index (χ1v) is 6.36. The Kier molecular flexibility index (Phi) is 4.56. The number of benzene rings is 1. The van der Waals surface area contributed by atoms with Gasteiger partial charge in [-0.3, -0.25) is 4.99 Å². The third-order valence-corrected chi connectivity index (χ3v) is 3.16. The summed E-state index contributed by atoms with van der Waals surface area (Å²) in [6.07, 6.45) is 5.78. The Morgan fingerprint density at radius 1 is 1.18 bits per heavy atom. The lowest BCUT2D eigenvalue weighted by Gasteiger charge is -2.25. The van der Waals surface area contributed by atoms with Gasteiger partial charge in [-0.2, -0.15) is 0 Å². The van der Waals surface area contributed by atoms with Gasteiger partial charge < -0.3 is 10.0 Å². The number of aliphatic imine (C=N–C) groups is 1. The Morgan fingerprint density at radius 3 is 2.71 bits per heavy atom. The Labute approximate surface area is 103 Å². The topological polar surface area (TPSA) is 35.8 Å². The van der Waals surface area contributed by atoms with Gasteiger partial charge in [-0.05, 0) is 38.1 Å². The molecule has 1 aromatic carbocycles. The smallest absolute Gasteiger partial charge is 0.124 e. The van der Waals surface area contributed by atoms with E-state index in [9.17, 15) is 5.11 Å². The minimum atomic E-state index is 0.300. The van der Waals surface area contributed by atoms with Crippen LogP contribution in [0.2, 0.25) is 0 Å². The molecule has 1 fully saturated rings. The molecular weight excluding hydrogens is 212 g/mol. The maximum atomic E-state index is 9.56. The number of aromatic hydroxyl groups is 1. The Balaban J connectivity index is 1.76. The van der Waals surface area contributed by atoms with Crippen LogP contribution in [0, 0.1) is 0 Å². The predicted octanol–water partition coefficient (Wildman–Crippen LogP) is 2.30. The number of nitrogens with zero attached hydrogens (tertiary/aromatic N) is 2. The molecule has 2 rings (SSSR count). The second-order valence-corrected chi connectivity index (χ2v) is 4.50. The van der Waals surface area contributed by atoms with Gasteiger partial charge in [0.1, 0.15) is 5.75 Å². The summed E-state index contributed by atoms with van der Waals surface area (Å²) in [5, 5.41) is 9.56. The van der Waals surface area contributed by atoms with Crippen LogP contribution in [0.1, 0.15) is 24.8 Å². The molecule has 3 heteroatoms. The van der Waals surface area contributed by atoms with Crippen molar-refractivity contribution in [3.8, 4) is 5.75 Å². The van der Waals surface area contributed by atoms with Crippen LogP contribution in [-0.2, 0) is 0 Å². The zero-order valence-electron chi connectivity index (χ0n) is 10.2. The average molecular weight is 232 g/mol. The molecule has 17 heavy (non-hydrogen) atoms. The molecule has 0 bridgehead atoms. The van der Waals surface area contributed by atoms with Crippen molar-refractivity contribution >= 4 is 6.21 Å². The van der Waals surface area contributed by atoms with E-state index in [1.54, 1.807) is 12.3 Å². The SMILES string of the molecule is Oc1ccccc1/C=N/CCN1CCCCC1. The van der Waals surface area contributed by atoms with Gasteiger partial charge in [-0.25, -0.2) is 0 Å². The average Bonchev–Trinajstić information content (AvgIpc) is 2.38. The van der Waals surface area contributed by atoms with E-state index in [0.29, 0.717) is 5.75 Å². The van der Waals surface area contributed by atoms with Gasteiger partial charge in [0.05, 0.1) is 6.54 Å². The van der Waals surface area contributed by atoms with Crippen molar-refractivity contribution in [2.75, 3.05) is 26.2 Å². The molecular formula is C14H20N2O. The van der Waals surface area contributed by atoms with Gasteiger partial charge in [-0.15, -0.1) is 0 Å². The lowest BCUT2D eigenvalue weighted by molar-refractivity contribution is 0.235. The van der Waals surface area contributed by atoms with Crippen molar-refractivity contribution in [3.05, 3.63) is 29.8 Å². The van der Waals surface area contributed by atoms with Gasteiger partial charge in [0, 0.05) is 18.3 Å². The van der Waals surface area contributed by atoms with Gasteiger partial charge in [-0.1, -0.05) is 18.6 Å². The predicted molar refractivity (Wildman–Crippen MR) is 70.9 cm³/mol. The van der Waals surface area contributed by atoms with Crippen molar-refractivity contribution in [2.45, 2.75) is 19.3 Å². The third kappa shape index (κ3) is 3.86. The van der Waals surface area contributed by atoms with E-state index < -0.39 is 0 Å². The normalized spacial score (nSPS) is 17.6. The molecule has 0 aromatic heterocycles. The second-order valence-electron chi connectivity index (χ2n) is 4.50. The van der Waals surface area contributed by atoms with Crippen molar-refractivity contribution < 1.29 is 5.11 Å². The van der Waals surface area contributed by atoms with E-state index in [1.165, 1.54) is 32.4 Å². The first kappa shape index (κ1) is 12.1. The number of phenolic OH excluding ortho intramolecular Hbond substituents is 1. The molecule has 1 heterocycles. The fraction of sp³-hybridized carbons (Fsp3) is 0.500. The fourth-order valence-electron chi connectivity index (χ4n) is 2.14. The summed E-state index contributed by atoms with van der Waals surface area (Å²) in [7, 11) is 0. The van der Waals surface area contributed by atoms with E-state index in [4.69, 9.17) is 0 Å². The Hall–Kier alpha value is -1.35. The maximum absolute atomic E-state index is 9.56. The number of para-hydroxylation sites is 1. The van der Waals surface area contributed by atoms with E-state index >= 15 is 0 Å². The highest BCUT2D eigenvalue weighted by atomic mass is 16.3. The fourth-order valence-corrected chi connectivity index (χ4v) is 2.14. The van der Waals surface area contributed by atoms with Crippen LogP contribution in [0.25, 0.3) is 0 Å². The molecule has 1 saturated heterocycles. The van der Waals surface area contributed by atoms with Gasteiger partial charge in [0.2, 0.25) is 0 Å². The standard InChI is InChI=1S/C14H20N2O/c17-14-7-3-2-6-13(14)12-15-8-11-16-9-4-1-5-10-16/h2-3,6-7,12,17H,1,4-5,8-11H2/b15-12+. The lowest BCUT2D eigenvalue weighted by atomic mass is 10.1. The Morgan fingerprint density at radius 2 is 1.94 bits per heavy atom. The zero-order chi connectivity index (χ0) is 11.9. The maximum Gasteiger partial charge on any atom is 0.124 e. The number of likely N-dealkylation sites (tertiary alicyclic amines) is 1. The lowest BCUT2D eigenvalue weighted by Crippen LogP contribution is -2.31. The molecule has 1 N–H and O–H groups in total. The summed E-state index contributed by atoms with van der Waals surface area (Å²) < 4.78 is 0. The summed E-state index contributed by atoms with van der Waals surface area (Å²) in [6, 6.07) is 7.29. The van der Waals surface area contributed by atoms with Crippen molar-refractivity contribution in [1.82, 2.24) is 4.90 Å². The van der Waals surface area contributed by atoms with Crippen LogP contribution < -0.4 is 0 Å². The molecule has 92 valence electrons. The van der Waals surface area contributed by atoms with E-state index in [2.05, 4.69) is 9.89 Å². The first-order valence-electron chi connectivity index (χ1n) is 6.36. The monoisotopic (exact) mass is 232 g/mol. The van der Waals surface area contributed by atoms with Gasteiger partial charge >= 0.3 is 0 Å². The van der Waals surface area contributed by atoms with Crippen LogP contribution in [0.3, 0.4) is 0 Å². The molecule has 0 amide bonds. The van der Waals surface area contributed by atoms with Crippen LogP contribution in [0.15, 0.2) is 29.3 Å². The van der Waals surface area contributed by atoms with Crippen LogP contribution in [0.5, 0.6) is 5.75 Å². The van der Waals surface area contributed by atoms with Crippen molar-refractivity contribution in [2.24, 2.45) is 4.99 Å².